The Morgan fingerprint density at radius 3 is 2.39 bits per heavy atom. The fraction of sp³-hybridized carbons (Fsp3) is 0.188. The van der Waals surface area contributed by atoms with Gasteiger partial charge in [0.1, 0.15) is 5.82 Å². The van der Waals surface area contributed by atoms with E-state index in [1.54, 1.807) is 18.2 Å². The molecule has 0 saturated carbocycles. The van der Waals surface area contributed by atoms with Crippen molar-refractivity contribution in [3.8, 4) is 0 Å². The summed E-state index contributed by atoms with van der Waals surface area (Å²) in [6, 6.07) is 12.1. The van der Waals surface area contributed by atoms with Crippen LogP contribution in [0.1, 0.15) is 16.8 Å². The van der Waals surface area contributed by atoms with E-state index in [0.29, 0.717) is 24.2 Å². The van der Waals surface area contributed by atoms with Gasteiger partial charge in [0.05, 0.1) is 17.1 Å². The smallest absolute Gasteiger partial charge is 0.255 e. The van der Waals surface area contributed by atoms with Gasteiger partial charge in [-0.3, -0.25) is 9.10 Å². The van der Waals surface area contributed by atoms with Crippen LogP contribution in [0.2, 0.25) is 0 Å². The van der Waals surface area contributed by atoms with Crippen LogP contribution < -0.4 is 9.62 Å². The van der Waals surface area contributed by atoms with Crippen LogP contribution >= 0.6 is 0 Å². The fourth-order valence-corrected chi connectivity index (χ4v) is 4.03. The number of sulfonamides is 1. The summed E-state index contributed by atoms with van der Waals surface area (Å²) >= 11 is 0. The summed E-state index contributed by atoms with van der Waals surface area (Å²) in [5, 5.41) is 2.49. The molecule has 1 amide bonds. The molecule has 2 aromatic rings. The number of hydrogen-bond acceptors (Lipinski definition) is 3. The van der Waals surface area contributed by atoms with Gasteiger partial charge in [-0.15, -0.1) is 0 Å². The molecular formula is C16H15FN2O3S. The van der Waals surface area contributed by atoms with Crippen molar-refractivity contribution >= 4 is 27.3 Å². The van der Waals surface area contributed by atoms with E-state index in [-0.39, 0.29) is 11.4 Å². The lowest BCUT2D eigenvalue weighted by Crippen LogP contribution is -2.25. The summed E-state index contributed by atoms with van der Waals surface area (Å²) in [7, 11) is -3.24. The number of anilines is 2. The number of para-hydroxylation sites is 1. The van der Waals surface area contributed by atoms with Crippen molar-refractivity contribution in [1.82, 2.24) is 0 Å². The van der Waals surface area contributed by atoms with Gasteiger partial charge in [-0.1, -0.05) is 12.1 Å². The third-order valence-corrected chi connectivity index (χ3v) is 5.51. The number of hydrogen-bond donors (Lipinski definition) is 1. The van der Waals surface area contributed by atoms with Crippen molar-refractivity contribution in [2.24, 2.45) is 0 Å². The fourth-order valence-electron chi connectivity index (χ4n) is 2.47. The van der Waals surface area contributed by atoms with Gasteiger partial charge >= 0.3 is 0 Å². The molecule has 1 aliphatic heterocycles. The number of carbonyl (C=O) groups is 1. The average molecular weight is 334 g/mol. The molecule has 0 bridgehead atoms. The molecule has 0 spiro atoms. The summed E-state index contributed by atoms with van der Waals surface area (Å²) < 4.78 is 38.6. The van der Waals surface area contributed by atoms with E-state index >= 15 is 0 Å². The Hall–Kier alpha value is -2.41. The second-order valence-electron chi connectivity index (χ2n) is 5.22. The average Bonchev–Trinajstić information content (AvgIpc) is 2.89. The van der Waals surface area contributed by atoms with Crippen LogP contribution in [0.3, 0.4) is 0 Å². The number of amides is 1. The van der Waals surface area contributed by atoms with Gasteiger partial charge in [0.25, 0.3) is 5.91 Å². The number of halogens is 1. The molecule has 1 fully saturated rings. The molecule has 3 rings (SSSR count). The Balaban J connectivity index is 1.77. The van der Waals surface area contributed by atoms with Crippen LogP contribution in [0, 0.1) is 5.82 Å². The predicted molar refractivity (Wildman–Crippen MR) is 86.5 cm³/mol. The van der Waals surface area contributed by atoms with E-state index in [1.165, 1.54) is 34.6 Å². The van der Waals surface area contributed by atoms with Gasteiger partial charge in [-0.2, -0.15) is 0 Å². The monoisotopic (exact) mass is 334 g/mol. The van der Waals surface area contributed by atoms with Gasteiger partial charge in [-0.05, 0) is 42.8 Å². The SMILES string of the molecule is O=C(Nc1ccccc1F)c1ccc(N2CCCS2(=O)=O)cc1. The highest BCUT2D eigenvalue weighted by Crippen LogP contribution is 2.24. The molecule has 1 N–H and O–H groups in total. The molecule has 0 radical (unpaired) electrons. The molecule has 2 aromatic carbocycles. The van der Waals surface area contributed by atoms with E-state index in [4.69, 9.17) is 0 Å². The Morgan fingerprint density at radius 2 is 1.78 bits per heavy atom. The molecule has 0 atom stereocenters. The largest absolute Gasteiger partial charge is 0.319 e. The first-order valence-corrected chi connectivity index (χ1v) is 8.75. The highest BCUT2D eigenvalue weighted by molar-refractivity contribution is 7.93. The molecular weight excluding hydrogens is 319 g/mol. The number of nitrogens with one attached hydrogen (secondary N) is 1. The molecule has 1 aliphatic rings. The quantitative estimate of drug-likeness (QED) is 0.938. The molecule has 120 valence electrons. The number of rotatable bonds is 3. The third-order valence-electron chi connectivity index (χ3n) is 3.64. The summed E-state index contributed by atoms with van der Waals surface area (Å²) in [5.74, 6) is -0.825. The van der Waals surface area contributed by atoms with Gasteiger partial charge in [-0.25, -0.2) is 12.8 Å². The first-order chi connectivity index (χ1) is 11.0. The summed E-state index contributed by atoms with van der Waals surface area (Å²) in [4.78, 5) is 12.1. The maximum absolute atomic E-state index is 13.5. The van der Waals surface area contributed by atoms with Gasteiger partial charge in [0.2, 0.25) is 10.0 Å². The van der Waals surface area contributed by atoms with Crippen LogP contribution in [-0.2, 0) is 10.0 Å². The van der Waals surface area contributed by atoms with Crippen LogP contribution in [0.15, 0.2) is 48.5 Å². The molecule has 0 unspecified atom stereocenters. The lowest BCUT2D eigenvalue weighted by molar-refractivity contribution is 0.102. The second kappa shape index (κ2) is 6.00. The van der Waals surface area contributed by atoms with E-state index in [2.05, 4.69) is 5.32 Å². The molecule has 1 heterocycles. The minimum Gasteiger partial charge on any atom is -0.319 e. The van der Waals surface area contributed by atoms with Crippen molar-refractivity contribution in [2.45, 2.75) is 6.42 Å². The van der Waals surface area contributed by atoms with Crippen molar-refractivity contribution in [1.29, 1.82) is 0 Å². The summed E-state index contributed by atoms with van der Waals surface area (Å²) in [6.07, 6.45) is 0.595. The standard InChI is InChI=1S/C16H15FN2O3S/c17-14-4-1-2-5-15(14)18-16(20)12-6-8-13(9-7-12)19-10-3-11-23(19,21)22/h1-2,4-9H,3,10-11H2,(H,18,20). The molecule has 7 heteroatoms. The summed E-state index contributed by atoms with van der Waals surface area (Å²) in [5.41, 5.74) is 0.960. The van der Waals surface area contributed by atoms with Crippen LogP contribution in [0.4, 0.5) is 15.8 Å². The number of carbonyl (C=O) groups excluding carboxylic acids is 1. The predicted octanol–water partition coefficient (Wildman–Crippen LogP) is 2.62. The Labute approximate surface area is 133 Å². The lowest BCUT2D eigenvalue weighted by atomic mass is 10.2. The Kier molecular flexibility index (Phi) is 4.04. The lowest BCUT2D eigenvalue weighted by Gasteiger charge is -2.17. The molecule has 23 heavy (non-hydrogen) atoms. The number of benzene rings is 2. The van der Waals surface area contributed by atoms with Crippen LogP contribution in [0.5, 0.6) is 0 Å². The zero-order valence-electron chi connectivity index (χ0n) is 12.2. The van der Waals surface area contributed by atoms with Crippen molar-refractivity contribution in [3.05, 3.63) is 59.9 Å². The third kappa shape index (κ3) is 3.19. The zero-order valence-corrected chi connectivity index (χ0v) is 13.0. The van der Waals surface area contributed by atoms with Crippen molar-refractivity contribution in [3.63, 3.8) is 0 Å². The van der Waals surface area contributed by atoms with Crippen LogP contribution in [-0.4, -0.2) is 26.6 Å². The first-order valence-electron chi connectivity index (χ1n) is 7.14. The van der Waals surface area contributed by atoms with E-state index in [9.17, 15) is 17.6 Å². The maximum atomic E-state index is 13.5. The van der Waals surface area contributed by atoms with Crippen molar-refractivity contribution < 1.29 is 17.6 Å². The topological polar surface area (TPSA) is 66.5 Å². The molecule has 0 aliphatic carbocycles. The van der Waals surface area contributed by atoms with Gasteiger partial charge in [0.15, 0.2) is 0 Å². The Morgan fingerprint density at radius 1 is 1.09 bits per heavy atom. The van der Waals surface area contributed by atoms with E-state index in [1.807, 2.05) is 0 Å². The van der Waals surface area contributed by atoms with Crippen molar-refractivity contribution in [2.75, 3.05) is 21.9 Å². The van der Waals surface area contributed by atoms with Gasteiger partial charge in [0, 0.05) is 12.1 Å². The summed E-state index contributed by atoms with van der Waals surface area (Å²) in [6.45, 7) is 0.448. The Bertz CT molecular complexity index is 835. The maximum Gasteiger partial charge on any atom is 0.255 e. The van der Waals surface area contributed by atoms with Gasteiger partial charge < -0.3 is 5.32 Å². The highest BCUT2D eigenvalue weighted by atomic mass is 32.2. The molecule has 0 aromatic heterocycles. The van der Waals surface area contributed by atoms with E-state index < -0.39 is 21.7 Å². The van der Waals surface area contributed by atoms with Crippen LogP contribution in [0.25, 0.3) is 0 Å². The minimum absolute atomic E-state index is 0.101. The first kappa shape index (κ1) is 15.5. The number of nitrogens with zero attached hydrogens (tertiary/aromatic N) is 1. The zero-order chi connectivity index (χ0) is 16.4. The van der Waals surface area contributed by atoms with E-state index in [0.717, 1.165) is 0 Å². The minimum atomic E-state index is -3.24. The molecule has 5 nitrogen and oxygen atoms in total. The second-order valence-corrected chi connectivity index (χ2v) is 7.24. The highest BCUT2D eigenvalue weighted by Gasteiger charge is 2.28. The molecule has 1 saturated heterocycles. The normalized spacial score (nSPS) is 16.3.